The summed E-state index contributed by atoms with van der Waals surface area (Å²) in [5, 5.41) is 14.3. The molecule has 2 amide bonds. The van der Waals surface area contributed by atoms with Gasteiger partial charge < -0.3 is 25.2 Å². The second-order valence-corrected chi connectivity index (χ2v) is 8.12. The van der Waals surface area contributed by atoms with Crippen molar-refractivity contribution in [3.8, 4) is 11.1 Å². The van der Waals surface area contributed by atoms with Crippen molar-refractivity contribution < 1.29 is 29.0 Å². The molecule has 0 aromatic heterocycles. The van der Waals surface area contributed by atoms with Crippen LogP contribution in [-0.4, -0.2) is 56.0 Å². The molecule has 1 unspecified atom stereocenters. The highest BCUT2D eigenvalue weighted by molar-refractivity contribution is 5.83. The van der Waals surface area contributed by atoms with Crippen LogP contribution in [0.1, 0.15) is 23.5 Å². The summed E-state index contributed by atoms with van der Waals surface area (Å²) < 4.78 is 10.3. The highest BCUT2D eigenvalue weighted by atomic mass is 16.5. The Morgan fingerprint density at radius 3 is 2.25 bits per heavy atom. The molecule has 0 spiro atoms. The Labute approximate surface area is 185 Å². The molecule has 2 aromatic rings. The van der Waals surface area contributed by atoms with Gasteiger partial charge in [0.05, 0.1) is 6.54 Å². The third-order valence-electron chi connectivity index (χ3n) is 6.13. The Morgan fingerprint density at radius 1 is 1.03 bits per heavy atom. The summed E-state index contributed by atoms with van der Waals surface area (Å²) in [6.45, 7) is 0.483. The number of fused-ring (bicyclic) bond motifs is 3. The number of aliphatic carboxylic acids is 1. The molecule has 8 heteroatoms. The fraction of sp³-hybridized carbons (Fsp3) is 0.375. The third-order valence-corrected chi connectivity index (χ3v) is 6.13. The molecular formula is C24H26N2O6. The van der Waals surface area contributed by atoms with Gasteiger partial charge in [-0.25, -0.2) is 9.59 Å². The van der Waals surface area contributed by atoms with Crippen molar-refractivity contribution in [2.24, 2.45) is 11.8 Å². The smallest absolute Gasteiger partial charge is 0.407 e. The molecule has 32 heavy (non-hydrogen) atoms. The first-order valence-corrected chi connectivity index (χ1v) is 10.6. The van der Waals surface area contributed by atoms with Crippen molar-refractivity contribution in [2.45, 2.75) is 18.4 Å². The van der Waals surface area contributed by atoms with Gasteiger partial charge in [0.1, 0.15) is 6.61 Å². The fourth-order valence-electron chi connectivity index (χ4n) is 4.25. The largest absolute Gasteiger partial charge is 0.479 e. The van der Waals surface area contributed by atoms with Crippen LogP contribution in [0.2, 0.25) is 0 Å². The lowest BCUT2D eigenvalue weighted by molar-refractivity contribution is -0.148. The van der Waals surface area contributed by atoms with Crippen molar-refractivity contribution in [1.82, 2.24) is 10.6 Å². The number of rotatable bonds is 9. The molecule has 8 nitrogen and oxygen atoms in total. The van der Waals surface area contributed by atoms with Gasteiger partial charge in [0.25, 0.3) is 0 Å². The maximum Gasteiger partial charge on any atom is 0.407 e. The summed E-state index contributed by atoms with van der Waals surface area (Å²) in [5.74, 6) is -1.59. The van der Waals surface area contributed by atoms with E-state index in [9.17, 15) is 14.4 Å². The Hall–Kier alpha value is -3.39. The SMILES string of the molecule is COC(CNC(=O)[C@H]1C[C@H]1CNC(=O)OCC1c2ccccc2-c2ccccc21)C(=O)O. The van der Waals surface area contributed by atoms with E-state index in [4.69, 9.17) is 14.6 Å². The van der Waals surface area contributed by atoms with Gasteiger partial charge in [0.2, 0.25) is 5.91 Å². The van der Waals surface area contributed by atoms with Crippen LogP contribution in [0.25, 0.3) is 11.1 Å². The van der Waals surface area contributed by atoms with E-state index < -0.39 is 18.2 Å². The number of carbonyl (C=O) groups excluding carboxylic acids is 2. The van der Waals surface area contributed by atoms with Crippen LogP contribution in [-0.2, 0) is 19.1 Å². The van der Waals surface area contributed by atoms with Crippen LogP contribution in [0, 0.1) is 11.8 Å². The topological polar surface area (TPSA) is 114 Å². The number of amides is 2. The average molecular weight is 438 g/mol. The third kappa shape index (κ3) is 4.60. The summed E-state index contributed by atoms with van der Waals surface area (Å²) in [5.41, 5.74) is 4.64. The van der Waals surface area contributed by atoms with Crippen LogP contribution in [0.5, 0.6) is 0 Å². The molecule has 0 saturated heterocycles. The first-order chi connectivity index (χ1) is 15.5. The predicted octanol–water partition coefficient (Wildman–Crippen LogP) is 2.38. The van der Waals surface area contributed by atoms with Gasteiger partial charge in [0, 0.05) is 25.5 Å². The van der Waals surface area contributed by atoms with Gasteiger partial charge in [-0.3, -0.25) is 4.79 Å². The highest BCUT2D eigenvalue weighted by Gasteiger charge is 2.43. The van der Waals surface area contributed by atoms with Crippen LogP contribution >= 0.6 is 0 Å². The number of hydrogen-bond donors (Lipinski definition) is 3. The minimum Gasteiger partial charge on any atom is -0.479 e. The highest BCUT2D eigenvalue weighted by Crippen LogP contribution is 2.44. The first kappa shape index (κ1) is 21.8. The maximum absolute atomic E-state index is 12.2. The van der Waals surface area contributed by atoms with Crippen LogP contribution in [0.4, 0.5) is 4.79 Å². The van der Waals surface area contributed by atoms with Crippen molar-refractivity contribution >= 4 is 18.0 Å². The molecule has 168 valence electrons. The molecule has 4 rings (SSSR count). The first-order valence-electron chi connectivity index (χ1n) is 10.6. The fourth-order valence-corrected chi connectivity index (χ4v) is 4.25. The summed E-state index contributed by atoms with van der Waals surface area (Å²) in [6, 6.07) is 16.3. The number of methoxy groups -OCH3 is 1. The van der Waals surface area contributed by atoms with E-state index in [1.165, 1.54) is 18.2 Å². The summed E-state index contributed by atoms with van der Waals surface area (Å²) in [6.07, 6.45) is -0.946. The number of hydrogen-bond acceptors (Lipinski definition) is 5. The molecule has 2 aliphatic carbocycles. The van der Waals surface area contributed by atoms with Crippen molar-refractivity contribution in [2.75, 3.05) is 26.8 Å². The standard InChI is InChI=1S/C24H26N2O6/c1-31-21(23(28)29)12-25-22(27)19-10-14(19)11-26-24(30)32-13-20-17-8-4-2-6-15(17)16-7-3-5-9-18(16)20/h2-9,14,19-21H,10-13H2,1H3,(H,25,27)(H,26,30)(H,28,29)/t14-,19-,21?/m0/s1. The van der Waals surface area contributed by atoms with Gasteiger partial charge in [0.15, 0.2) is 6.10 Å². The van der Waals surface area contributed by atoms with E-state index in [0.29, 0.717) is 13.0 Å². The quantitative estimate of drug-likeness (QED) is 0.554. The molecule has 0 aliphatic heterocycles. The van der Waals surface area contributed by atoms with Crippen molar-refractivity contribution in [1.29, 1.82) is 0 Å². The number of carbonyl (C=O) groups is 3. The summed E-state index contributed by atoms with van der Waals surface area (Å²) in [4.78, 5) is 35.3. The van der Waals surface area contributed by atoms with E-state index >= 15 is 0 Å². The number of carboxylic acids is 1. The van der Waals surface area contributed by atoms with Gasteiger partial charge in [-0.1, -0.05) is 48.5 Å². The molecule has 1 fully saturated rings. The second-order valence-electron chi connectivity index (χ2n) is 8.12. The Morgan fingerprint density at radius 2 is 1.66 bits per heavy atom. The second kappa shape index (κ2) is 9.40. The zero-order valence-electron chi connectivity index (χ0n) is 17.7. The zero-order chi connectivity index (χ0) is 22.7. The number of alkyl carbamates (subject to hydrolysis) is 1. The maximum atomic E-state index is 12.2. The molecule has 0 bridgehead atoms. The number of carboxylic acid groups (broad SMARTS) is 1. The molecule has 3 N–H and O–H groups in total. The monoisotopic (exact) mass is 438 g/mol. The average Bonchev–Trinajstić information content (AvgIpc) is 3.51. The summed E-state index contributed by atoms with van der Waals surface area (Å²) >= 11 is 0. The summed E-state index contributed by atoms with van der Waals surface area (Å²) in [7, 11) is 1.28. The molecule has 1 saturated carbocycles. The van der Waals surface area contributed by atoms with Crippen molar-refractivity contribution in [3.63, 3.8) is 0 Å². The molecule has 0 radical (unpaired) electrons. The molecule has 3 atom stereocenters. The lowest BCUT2D eigenvalue weighted by Crippen LogP contribution is -2.39. The van der Waals surface area contributed by atoms with E-state index in [-0.39, 0.29) is 36.8 Å². The minimum absolute atomic E-state index is 0.00410. The molecule has 2 aromatic carbocycles. The van der Waals surface area contributed by atoms with Crippen molar-refractivity contribution in [3.05, 3.63) is 59.7 Å². The van der Waals surface area contributed by atoms with E-state index in [2.05, 4.69) is 34.9 Å². The van der Waals surface area contributed by atoms with Gasteiger partial charge in [-0.05, 0) is 34.6 Å². The number of nitrogens with one attached hydrogen (secondary N) is 2. The lowest BCUT2D eigenvalue weighted by Gasteiger charge is -2.14. The lowest BCUT2D eigenvalue weighted by atomic mass is 9.98. The van der Waals surface area contributed by atoms with E-state index in [0.717, 1.165) is 11.1 Å². The molecule has 2 aliphatic rings. The van der Waals surface area contributed by atoms with Crippen LogP contribution in [0.15, 0.2) is 48.5 Å². The number of ether oxygens (including phenoxy) is 2. The van der Waals surface area contributed by atoms with Crippen LogP contribution < -0.4 is 10.6 Å². The van der Waals surface area contributed by atoms with Gasteiger partial charge >= 0.3 is 12.1 Å². The van der Waals surface area contributed by atoms with E-state index in [1.807, 2.05) is 24.3 Å². The predicted molar refractivity (Wildman–Crippen MR) is 116 cm³/mol. The minimum atomic E-state index is -1.13. The van der Waals surface area contributed by atoms with Crippen LogP contribution in [0.3, 0.4) is 0 Å². The van der Waals surface area contributed by atoms with E-state index in [1.54, 1.807) is 0 Å². The van der Waals surface area contributed by atoms with Gasteiger partial charge in [-0.2, -0.15) is 0 Å². The number of benzene rings is 2. The Kier molecular flexibility index (Phi) is 6.41. The molecular weight excluding hydrogens is 412 g/mol. The Balaban J connectivity index is 1.22. The Bertz CT molecular complexity index is 978. The van der Waals surface area contributed by atoms with Gasteiger partial charge in [-0.15, -0.1) is 0 Å². The normalized spacial score (nSPS) is 19.4. The zero-order valence-corrected chi connectivity index (χ0v) is 17.7. The molecule has 0 heterocycles.